The minimum atomic E-state index is -3.51. The van der Waals surface area contributed by atoms with Crippen LogP contribution in [0.2, 0.25) is 0 Å². The quantitative estimate of drug-likeness (QED) is 0.846. The summed E-state index contributed by atoms with van der Waals surface area (Å²) in [6.07, 6.45) is 6.42. The van der Waals surface area contributed by atoms with Gasteiger partial charge in [0.25, 0.3) is 0 Å². The summed E-state index contributed by atoms with van der Waals surface area (Å²) in [6.45, 7) is 2.07. The number of aliphatic hydroxyl groups is 1. The molecule has 1 saturated carbocycles. The van der Waals surface area contributed by atoms with Gasteiger partial charge in [0.2, 0.25) is 10.0 Å². The molecular formula is C17H25NO3S. The molecule has 2 rings (SSSR count). The van der Waals surface area contributed by atoms with Gasteiger partial charge in [0.15, 0.2) is 0 Å². The summed E-state index contributed by atoms with van der Waals surface area (Å²) in [5.41, 5.74) is 1.97. The lowest BCUT2D eigenvalue weighted by Crippen LogP contribution is -2.36. The first-order valence-corrected chi connectivity index (χ1v) is 9.43. The van der Waals surface area contributed by atoms with Gasteiger partial charge in [0.05, 0.1) is 6.10 Å². The van der Waals surface area contributed by atoms with E-state index in [0.717, 1.165) is 42.2 Å². The van der Waals surface area contributed by atoms with Crippen LogP contribution in [0.1, 0.15) is 43.2 Å². The van der Waals surface area contributed by atoms with Crippen LogP contribution in [0.3, 0.4) is 0 Å². The zero-order valence-corrected chi connectivity index (χ0v) is 13.8. The van der Waals surface area contributed by atoms with E-state index in [4.69, 9.17) is 0 Å². The molecule has 1 aliphatic carbocycles. The molecule has 0 bridgehead atoms. The predicted octanol–water partition coefficient (Wildman–Crippen LogP) is 2.83. The van der Waals surface area contributed by atoms with Crippen LogP contribution in [0.15, 0.2) is 29.7 Å². The van der Waals surface area contributed by atoms with E-state index < -0.39 is 16.1 Å². The van der Waals surface area contributed by atoms with Gasteiger partial charge in [-0.15, -0.1) is 0 Å². The molecule has 0 heterocycles. The monoisotopic (exact) mass is 323 g/mol. The fourth-order valence-electron chi connectivity index (χ4n) is 2.78. The number of nitrogens with one attached hydrogen (secondary N) is 1. The highest BCUT2D eigenvalue weighted by atomic mass is 32.2. The van der Waals surface area contributed by atoms with Crippen LogP contribution in [0.25, 0.3) is 6.08 Å². The molecule has 22 heavy (non-hydrogen) atoms. The first-order chi connectivity index (χ1) is 10.5. The summed E-state index contributed by atoms with van der Waals surface area (Å²) < 4.78 is 26.4. The van der Waals surface area contributed by atoms with Gasteiger partial charge in [0.1, 0.15) is 0 Å². The second-order valence-electron chi connectivity index (χ2n) is 6.07. The Kier molecular flexibility index (Phi) is 6.17. The highest BCUT2D eigenvalue weighted by Gasteiger charge is 2.22. The van der Waals surface area contributed by atoms with Crippen LogP contribution < -0.4 is 4.72 Å². The molecule has 1 aliphatic rings. The lowest BCUT2D eigenvalue weighted by Gasteiger charge is -2.26. The van der Waals surface area contributed by atoms with E-state index in [1.165, 1.54) is 6.42 Å². The molecule has 1 aromatic rings. The van der Waals surface area contributed by atoms with Gasteiger partial charge in [0, 0.05) is 12.0 Å². The predicted molar refractivity (Wildman–Crippen MR) is 89.7 cm³/mol. The Morgan fingerprint density at radius 3 is 2.50 bits per heavy atom. The second-order valence-corrected chi connectivity index (χ2v) is 7.72. The van der Waals surface area contributed by atoms with E-state index in [1.807, 2.05) is 31.2 Å². The Morgan fingerprint density at radius 1 is 1.23 bits per heavy atom. The molecule has 5 heteroatoms. The molecule has 0 aromatic heterocycles. The van der Waals surface area contributed by atoms with Crippen molar-refractivity contribution < 1.29 is 13.5 Å². The van der Waals surface area contributed by atoms with Crippen LogP contribution in [-0.2, 0) is 10.0 Å². The van der Waals surface area contributed by atoms with Gasteiger partial charge >= 0.3 is 0 Å². The average Bonchev–Trinajstić information content (AvgIpc) is 2.53. The minimum Gasteiger partial charge on any atom is -0.391 e. The average molecular weight is 323 g/mol. The molecule has 1 atom stereocenters. The van der Waals surface area contributed by atoms with Crippen molar-refractivity contribution in [1.82, 2.24) is 4.72 Å². The fraction of sp³-hybridized carbons (Fsp3) is 0.529. The van der Waals surface area contributed by atoms with Crippen molar-refractivity contribution in [3.63, 3.8) is 0 Å². The van der Waals surface area contributed by atoms with Gasteiger partial charge in [-0.05, 0) is 37.3 Å². The maximum Gasteiger partial charge on any atom is 0.233 e. The summed E-state index contributed by atoms with van der Waals surface area (Å²) in [6, 6.07) is 7.62. The molecular weight excluding hydrogens is 298 g/mol. The fourth-order valence-corrected chi connectivity index (χ4v) is 3.62. The number of benzene rings is 1. The zero-order valence-electron chi connectivity index (χ0n) is 13.0. The summed E-state index contributed by atoms with van der Waals surface area (Å²) in [5.74, 6) is 0.220. The number of hydrogen-bond donors (Lipinski definition) is 2. The molecule has 0 spiro atoms. The number of rotatable bonds is 6. The van der Waals surface area contributed by atoms with Crippen LogP contribution in [0.4, 0.5) is 0 Å². The number of sulfonamides is 1. The van der Waals surface area contributed by atoms with Gasteiger partial charge < -0.3 is 5.11 Å². The summed E-state index contributed by atoms with van der Waals surface area (Å²) in [5, 5.41) is 11.3. The van der Waals surface area contributed by atoms with Crippen molar-refractivity contribution in [3.8, 4) is 0 Å². The third-order valence-electron chi connectivity index (χ3n) is 4.20. The molecule has 1 aromatic carbocycles. The van der Waals surface area contributed by atoms with Crippen LogP contribution in [0, 0.1) is 12.8 Å². The first kappa shape index (κ1) is 17.2. The number of hydrogen-bond acceptors (Lipinski definition) is 3. The third-order valence-corrected chi connectivity index (χ3v) is 5.27. The van der Waals surface area contributed by atoms with E-state index in [9.17, 15) is 13.5 Å². The minimum absolute atomic E-state index is 0.0885. The largest absolute Gasteiger partial charge is 0.391 e. The van der Waals surface area contributed by atoms with Crippen molar-refractivity contribution >= 4 is 16.1 Å². The van der Waals surface area contributed by atoms with Crippen molar-refractivity contribution in [2.45, 2.75) is 45.1 Å². The van der Waals surface area contributed by atoms with E-state index >= 15 is 0 Å². The molecule has 1 unspecified atom stereocenters. The topological polar surface area (TPSA) is 66.4 Å². The molecule has 2 N–H and O–H groups in total. The van der Waals surface area contributed by atoms with Gasteiger partial charge in [-0.1, -0.05) is 49.1 Å². The first-order valence-electron chi connectivity index (χ1n) is 7.89. The molecule has 0 aliphatic heterocycles. The second kappa shape index (κ2) is 7.90. The molecule has 0 saturated heterocycles. The van der Waals surface area contributed by atoms with E-state index in [-0.39, 0.29) is 12.5 Å². The Morgan fingerprint density at radius 2 is 1.86 bits per heavy atom. The van der Waals surface area contributed by atoms with Crippen molar-refractivity contribution in [2.75, 3.05) is 6.54 Å². The SMILES string of the molecule is Cc1ccc(C=CS(=O)(=O)NCC(O)C2CCCCC2)cc1. The van der Waals surface area contributed by atoms with Gasteiger partial charge in [-0.3, -0.25) is 0 Å². The van der Waals surface area contributed by atoms with Crippen LogP contribution >= 0.6 is 0 Å². The summed E-state index contributed by atoms with van der Waals surface area (Å²) in [7, 11) is -3.51. The van der Waals surface area contributed by atoms with Crippen molar-refractivity contribution in [1.29, 1.82) is 0 Å². The standard InChI is InChI=1S/C17H25NO3S/c1-14-7-9-15(10-8-14)11-12-22(20,21)18-13-17(19)16-5-3-2-4-6-16/h7-12,16-19H,2-6,13H2,1H3. The Hall–Kier alpha value is -1.17. The van der Waals surface area contributed by atoms with Gasteiger partial charge in [-0.2, -0.15) is 0 Å². The van der Waals surface area contributed by atoms with Crippen molar-refractivity contribution in [2.24, 2.45) is 5.92 Å². The molecule has 0 radical (unpaired) electrons. The number of aryl methyl sites for hydroxylation is 1. The third kappa shape index (κ3) is 5.55. The Balaban J connectivity index is 1.86. The number of aliphatic hydroxyl groups excluding tert-OH is 1. The maximum absolute atomic E-state index is 11.9. The van der Waals surface area contributed by atoms with Crippen LogP contribution in [0.5, 0.6) is 0 Å². The van der Waals surface area contributed by atoms with E-state index in [0.29, 0.717) is 0 Å². The normalized spacial score (nSPS) is 18.6. The molecule has 122 valence electrons. The Labute approximate surface area is 133 Å². The van der Waals surface area contributed by atoms with Gasteiger partial charge in [-0.25, -0.2) is 13.1 Å². The Bertz CT molecular complexity index is 587. The van der Waals surface area contributed by atoms with E-state index in [1.54, 1.807) is 6.08 Å². The molecule has 0 amide bonds. The summed E-state index contributed by atoms with van der Waals surface area (Å²) >= 11 is 0. The lowest BCUT2D eigenvalue weighted by molar-refractivity contribution is 0.0889. The van der Waals surface area contributed by atoms with Crippen molar-refractivity contribution in [3.05, 3.63) is 40.8 Å². The zero-order chi connectivity index (χ0) is 16.0. The highest BCUT2D eigenvalue weighted by molar-refractivity contribution is 7.92. The molecule has 4 nitrogen and oxygen atoms in total. The summed E-state index contributed by atoms with van der Waals surface area (Å²) in [4.78, 5) is 0. The van der Waals surface area contributed by atoms with E-state index in [2.05, 4.69) is 4.72 Å². The molecule has 1 fully saturated rings. The lowest BCUT2D eigenvalue weighted by atomic mass is 9.85. The smallest absolute Gasteiger partial charge is 0.233 e. The highest BCUT2D eigenvalue weighted by Crippen LogP contribution is 2.26. The maximum atomic E-state index is 11.9. The van der Waals surface area contributed by atoms with Crippen LogP contribution in [-0.4, -0.2) is 26.2 Å².